The van der Waals surface area contributed by atoms with Gasteiger partial charge in [-0.05, 0) is 18.2 Å². The second-order valence-corrected chi connectivity index (χ2v) is 5.20. The fraction of sp³-hybridized carbons (Fsp3) is 0.294. The van der Waals surface area contributed by atoms with E-state index >= 15 is 0 Å². The number of nitro benzene ring substituents is 1. The molecule has 0 amide bonds. The first kappa shape index (κ1) is 18.2. The predicted octanol–water partition coefficient (Wildman–Crippen LogP) is 1.81. The largest absolute Gasteiger partial charge is 0.378 e. The van der Waals surface area contributed by atoms with Gasteiger partial charge in [0.2, 0.25) is 0 Å². The van der Waals surface area contributed by atoms with Crippen LogP contribution in [0.25, 0.3) is 0 Å². The molecular formula is C17H22N6O2. The number of nitrogens with one attached hydrogen (secondary N) is 3. The summed E-state index contributed by atoms with van der Waals surface area (Å²) >= 11 is 0. The molecule has 132 valence electrons. The summed E-state index contributed by atoms with van der Waals surface area (Å²) in [5, 5.41) is 20.4. The van der Waals surface area contributed by atoms with Gasteiger partial charge in [-0.2, -0.15) is 0 Å². The molecule has 8 heteroatoms. The third kappa shape index (κ3) is 6.09. The standard InChI is InChI=1S/C17H22N6O2/c1-18-17(21-11-9-14-6-4-5-10-19-14)22-13-12-20-15-7-2-3-8-16(15)23(24)25/h2-8,10,20H,9,11-13H2,1H3,(H2,18,21,22). The Kier molecular flexibility index (Phi) is 7.17. The topological polar surface area (TPSA) is 104 Å². The van der Waals surface area contributed by atoms with Gasteiger partial charge in [-0.1, -0.05) is 18.2 Å². The van der Waals surface area contributed by atoms with Crippen LogP contribution < -0.4 is 16.0 Å². The van der Waals surface area contributed by atoms with Crippen molar-refractivity contribution in [1.29, 1.82) is 0 Å². The molecule has 3 N–H and O–H groups in total. The molecule has 1 aromatic carbocycles. The van der Waals surface area contributed by atoms with Gasteiger partial charge in [-0.15, -0.1) is 0 Å². The zero-order valence-corrected chi connectivity index (χ0v) is 14.1. The number of nitrogens with zero attached hydrogens (tertiary/aromatic N) is 3. The molecule has 0 saturated heterocycles. The highest BCUT2D eigenvalue weighted by atomic mass is 16.6. The van der Waals surface area contributed by atoms with E-state index < -0.39 is 4.92 Å². The molecule has 0 fully saturated rings. The van der Waals surface area contributed by atoms with Crippen molar-refractivity contribution in [3.63, 3.8) is 0 Å². The van der Waals surface area contributed by atoms with E-state index in [-0.39, 0.29) is 5.69 Å². The zero-order chi connectivity index (χ0) is 17.9. The number of rotatable bonds is 8. The highest BCUT2D eigenvalue weighted by Gasteiger charge is 2.11. The number of pyridine rings is 1. The molecule has 0 saturated carbocycles. The highest BCUT2D eigenvalue weighted by molar-refractivity contribution is 5.79. The summed E-state index contributed by atoms with van der Waals surface area (Å²) in [6.07, 6.45) is 2.58. The molecule has 25 heavy (non-hydrogen) atoms. The summed E-state index contributed by atoms with van der Waals surface area (Å²) in [5.41, 5.74) is 1.59. The molecule has 0 spiro atoms. The molecule has 2 aromatic rings. The van der Waals surface area contributed by atoms with Gasteiger partial charge < -0.3 is 16.0 Å². The molecular weight excluding hydrogens is 320 g/mol. The number of benzene rings is 1. The minimum absolute atomic E-state index is 0.0698. The van der Waals surface area contributed by atoms with E-state index in [9.17, 15) is 10.1 Å². The maximum absolute atomic E-state index is 11.0. The average Bonchev–Trinajstić information content (AvgIpc) is 2.64. The van der Waals surface area contributed by atoms with Crippen molar-refractivity contribution in [3.8, 4) is 0 Å². The quantitative estimate of drug-likeness (QED) is 0.222. The Bertz CT molecular complexity index is 705. The Morgan fingerprint density at radius 2 is 1.88 bits per heavy atom. The average molecular weight is 342 g/mol. The van der Waals surface area contributed by atoms with Crippen molar-refractivity contribution in [2.24, 2.45) is 4.99 Å². The van der Waals surface area contributed by atoms with E-state index in [4.69, 9.17) is 0 Å². The zero-order valence-electron chi connectivity index (χ0n) is 14.1. The minimum atomic E-state index is -0.395. The molecule has 0 aliphatic carbocycles. The molecule has 0 radical (unpaired) electrons. The van der Waals surface area contributed by atoms with Crippen LogP contribution in [-0.4, -0.2) is 42.5 Å². The lowest BCUT2D eigenvalue weighted by molar-refractivity contribution is -0.384. The van der Waals surface area contributed by atoms with Crippen LogP contribution >= 0.6 is 0 Å². The van der Waals surface area contributed by atoms with Crippen molar-refractivity contribution in [2.45, 2.75) is 6.42 Å². The first-order valence-corrected chi connectivity index (χ1v) is 8.02. The van der Waals surface area contributed by atoms with E-state index in [2.05, 4.69) is 25.9 Å². The maximum Gasteiger partial charge on any atom is 0.292 e. The Hall–Kier alpha value is -3.16. The molecule has 8 nitrogen and oxygen atoms in total. The Labute approximate surface area is 146 Å². The molecule has 0 aliphatic heterocycles. The molecule has 0 bridgehead atoms. The normalized spacial score (nSPS) is 11.0. The summed E-state index contributed by atoms with van der Waals surface area (Å²) in [5.74, 6) is 0.681. The summed E-state index contributed by atoms with van der Waals surface area (Å²) in [4.78, 5) is 19.0. The lowest BCUT2D eigenvalue weighted by Gasteiger charge is -2.12. The molecule has 2 rings (SSSR count). The number of hydrogen-bond acceptors (Lipinski definition) is 5. The Morgan fingerprint density at radius 3 is 2.60 bits per heavy atom. The number of guanidine groups is 1. The van der Waals surface area contributed by atoms with Gasteiger partial charge in [0, 0.05) is 51.1 Å². The van der Waals surface area contributed by atoms with Gasteiger partial charge in [0.15, 0.2) is 5.96 Å². The van der Waals surface area contributed by atoms with Gasteiger partial charge in [-0.25, -0.2) is 0 Å². The van der Waals surface area contributed by atoms with E-state index in [1.807, 2.05) is 18.2 Å². The predicted molar refractivity (Wildman–Crippen MR) is 98.9 cm³/mol. The molecule has 0 unspecified atom stereocenters. The van der Waals surface area contributed by atoms with Crippen LogP contribution in [0.3, 0.4) is 0 Å². The van der Waals surface area contributed by atoms with E-state index in [0.29, 0.717) is 31.3 Å². The fourth-order valence-electron chi connectivity index (χ4n) is 2.24. The Morgan fingerprint density at radius 1 is 1.12 bits per heavy atom. The second-order valence-electron chi connectivity index (χ2n) is 5.20. The van der Waals surface area contributed by atoms with E-state index in [1.165, 1.54) is 6.07 Å². The van der Waals surface area contributed by atoms with E-state index in [1.54, 1.807) is 31.4 Å². The van der Waals surface area contributed by atoms with Crippen molar-refractivity contribution in [3.05, 3.63) is 64.5 Å². The first-order valence-electron chi connectivity index (χ1n) is 8.02. The molecule has 1 aromatic heterocycles. The van der Waals surface area contributed by atoms with Gasteiger partial charge >= 0.3 is 0 Å². The van der Waals surface area contributed by atoms with Crippen molar-refractivity contribution in [1.82, 2.24) is 15.6 Å². The third-order valence-electron chi connectivity index (χ3n) is 3.46. The number of nitro groups is 1. The monoisotopic (exact) mass is 342 g/mol. The van der Waals surface area contributed by atoms with E-state index in [0.717, 1.165) is 12.1 Å². The lowest BCUT2D eigenvalue weighted by Crippen LogP contribution is -2.40. The SMILES string of the molecule is CN=C(NCCNc1ccccc1[N+](=O)[O-])NCCc1ccccn1. The lowest BCUT2D eigenvalue weighted by atomic mass is 10.2. The number of anilines is 1. The van der Waals surface area contributed by atoms with Crippen LogP contribution in [-0.2, 0) is 6.42 Å². The van der Waals surface area contributed by atoms with Crippen molar-refractivity contribution < 1.29 is 4.92 Å². The number of para-hydroxylation sites is 2. The summed E-state index contributed by atoms with van der Waals surface area (Å²) in [7, 11) is 1.70. The highest BCUT2D eigenvalue weighted by Crippen LogP contribution is 2.22. The van der Waals surface area contributed by atoms with Crippen LogP contribution in [0.5, 0.6) is 0 Å². The summed E-state index contributed by atoms with van der Waals surface area (Å²) in [6.45, 7) is 1.83. The van der Waals surface area contributed by atoms with Gasteiger partial charge in [-0.3, -0.25) is 20.1 Å². The fourth-order valence-corrected chi connectivity index (χ4v) is 2.24. The van der Waals surface area contributed by atoms with Crippen LogP contribution in [0.4, 0.5) is 11.4 Å². The van der Waals surface area contributed by atoms with Gasteiger partial charge in [0.25, 0.3) is 5.69 Å². The van der Waals surface area contributed by atoms with Crippen molar-refractivity contribution in [2.75, 3.05) is 32.0 Å². The molecule has 0 atom stereocenters. The van der Waals surface area contributed by atoms with Crippen LogP contribution in [0.1, 0.15) is 5.69 Å². The van der Waals surface area contributed by atoms with Crippen molar-refractivity contribution >= 4 is 17.3 Å². The summed E-state index contributed by atoms with van der Waals surface area (Å²) < 4.78 is 0. The van der Waals surface area contributed by atoms with Crippen LogP contribution in [0, 0.1) is 10.1 Å². The maximum atomic E-state index is 11.0. The third-order valence-corrected chi connectivity index (χ3v) is 3.46. The molecule has 1 heterocycles. The smallest absolute Gasteiger partial charge is 0.292 e. The Balaban J connectivity index is 1.70. The number of aromatic nitrogens is 1. The van der Waals surface area contributed by atoms with Crippen LogP contribution in [0.15, 0.2) is 53.7 Å². The second kappa shape index (κ2) is 9.86. The van der Waals surface area contributed by atoms with Gasteiger partial charge in [0.05, 0.1) is 4.92 Å². The molecule has 0 aliphatic rings. The first-order chi connectivity index (χ1) is 12.2. The van der Waals surface area contributed by atoms with Crippen LogP contribution in [0.2, 0.25) is 0 Å². The number of aliphatic imine (C=N–C) groups is 1. The number of hydrogen-bond donors (Lipinski definition) is 3. The van der Waals surface area contributed by atoms with Gasteiger partial charge in [0.1, 0.15) is 5.69 Å². The summed E-state index contributed by atoms with van der Waals surface area (Å²) in [6, 6.07) is 12.4. The minimum Gasteiger partial charge on any atom is -0.378 e.